The largest absolute Gasteiger partial charge is 0.493 e. The first-order valence-corrected chi connectivity index (χ1v) is 20.7. The number of rotatable bonds is 17. The number of aliphatic imine (C=N–C) groups is 1. The predicted molar refractivity (Wildman–Crippen MR) is 226 cm³/mol. The van der Waals surface area contributed by atoms with Gasteiger partial charge in [0.15, 0.2) is 0 Å². The van der Waals surface area contributed by atoms with Gasteiger partial charge in [0.25, 0.3) is 0 Å². The molecule has 13 heteroatoms. The molecular weight excluding hydrogens is 751 g/mol. The molecule has 0 radical (unpaired) electrons. The summed E-state index contributed by atoms with van der Waals surface area (Å²) in [7, 11) is 0. The lowest BCUT2D eigenvalue weighted by Crippen LogP contribution is -2.55. The first-order valence-electron chi connectivity index (χ1n) is 19.9. The summed E-state index contributed by atoms with van der Waals surface area (Å²) in [6, 6.07) is 9.29. The quantitative estimate of drug-likeness (QED) is 0.0914. The van der Waals surface area contributed by atoms with Gasteiger partial charge < -0.3 is 24.0 Å². The SMILES string of the molecule is CCOCCN(CCOCC)C(=O)CN1CCN(C(=O)N(Cc2ccc(Cl)cc2)/C(=N\C(C)(C)C2C=CC(Cl)=CC2)c2cnc(C(C)(C)C)cc2OCC)CC1. The predicted octanol–water partition coefficient (Wildman–Crippen LogP) is 7.80. The Labute approximate surface area is 344 Å². The third-order valence-corrected chi connectivity index (χ3v) is 10.6. The molecule has 2 aromatic rings. The van der Waals surface area contributed by atoms with Crippen molar-refractivity contribution >= 4 is 41.0 Å². The van der Waals surface area contributed by atoms with Crippen molar-refractivity contribution in [2.75, 3.05) is 78.8 Å². The van der Waals surface area contributed by atoms with E-state index in [2.05, 4.69) is 45.6 Å². The van der Waals surface area contributed by atoms with Crippen molar-refractivity contribution in [1.82, 2.24) is 24.6 Å². The number of hydrogen-bond acceptors (Lipinski definition) is 8. The molecule has 0 spiro atoms. The number of ether oxygens (including phenoxy) is 3. The lowest BCUT2D eigenvalue weighted by molar-refractivity contribution is -0.134. The maximum Gasteiger partial charge on any atom is 0.326 e. The molecule has 0 saturated carbocycles. The van der Waals surface area contributed by atoms with Crippen molar-refractivity contribution in [2.24, 2.45) is 10.9 Å². The van der Waals surface area contributed by atoms with Gasteiger partial charge in [0.1, 0.15) is 11.6 Å². The standard InChI is InChI=1S/C43H62Cl2N6O5/c1-9-54-26-24-49(25-27-55-10-2)39(52)31-48-20-22-50(23-21-48)41(53)51(30-32-12-16-34(44)17-13-32)40(47-43(7,8)33-14-18-35(45)19-15-33)36-29-46-38(42(4,5)6)28-37(36)56-11-3/h12-14,16-19,28-29,33H,9-11,15,20-27,30-31H2,1-8H3/b47-40-. The fourth-order valence-corrected chi connectivity index (χ4v) is 6.88. The third kappa shape index (κ3) is 13.0. The van der Waals surface area contributed by atoms with Crippen LogP contribution >= 0.6 is 23.2 Å². The van der Waals surface area contributed by atoms with Gasteiger partial charge in [0.2, 0.25) is 5.91 Å². The number of pyridine rings is 1. The lowest BCUT2D eigenvalue weighted by atomic mass is 9.83. The number of aromatic nitrogens is 1. The summed E-state index contributed by atoms with van der Waals surface area (Å²) in [6.45, 7) is 22.4. The summed E-state index contributed by atoms with van der Waals surface area (Å²) in [5.74, 6) is 1.12. The molecule has 3 amide bonds. The highest BCUT2D eigenvalue weighted by molar-refractivity contribution is 6.31. The van der Waals surface area contributed by atoms with Gasteiger partial charge in [-0.05, 0) is 64.8 Å². The zero-order valence-corrected chi connectivity index (χ0v) is 36.2. The molecule has 1 aromatic carbocycles. The molecule has 1 unspecified atom stereocenters. The fraction of sp³-hybridized carbons (Fsp3) is 0.581. The highest BCUT2D eigenvalue weighted by Gasteiger charge is 2.35. The molecule has 1 aliphatic carbocycles. The first kappa shape index (κ1) is 45.2. The van der Waals surface area contributed by atoms with Crippen LogP contribution in [0.1, 0.15) is 78.6 Å². The molecule has 1 aliphatic heterocycles. The Hall–Kier alpha value is -3.48. The van der Waals surface area contributed by atoms with Crippen LogP contribution in [0.25, 0.3) is 0 Å². The number of carbonyl (C=O) groups is 2. The average molecular weight is 814 g/mol. The van der Waals surface area contributed by atoms with E-state index in [1.807, 2.05) is 68.2 Å². The number of hydrogen-bond donors (Lipinski definition) is 0. The number of urea groups is 1. The van der Waals surface area contributed by atoms with Crippen molar-refractivity contribution in [3.63, 3.8) is 0 Å². The number of allylic oxidation sites excluding steroid dienone is 3. The normalized spacial score (nSPS) is 16.8. The van der Waals surface area contributed by atoms with Crippen molar-refractivity contribution in [2.45, 2.75) is 79.3 Å². The smallest absolute Gasteiger partial charge is 0.326 e. The molecule has 11 nitrogen and oxygen atoms in total. The Morgan fingerprint density at radius 1 is 0.929 bits per heavy atom. The van der Waals surface area contributed by atoms with Crippen LogP contribution in [0.4, 0.5) is 4.79 Å². The number of amides is 3. The maximum absolute atomic E-state index is 15.0. The van der Waals surface area contributed by atoms with Crippen LogP contribution in [0.3, 0.4) is 0 Å². The van der Waals surface area contributed by atoms with Crippen LogP contribution in [-0.4, -0.2) is 127 Å². The van der Waals surface area contributed by atoms with Gasteiger partial charge in [-0.2, -0.15) is 0 Å². The minimum absolute atomic E-state index is 0.0209. The van der Waals surface area contributed by atoms with Crippen LogP contribution < -0.4 is 4.74 Å². The van der Waals surface area contributed by atoms with Crippen LogP contribution in [0.2, 0.25) is 5.02 Å². The summed E-state index contributed by atoms with van der Waals surface area (Å²) < 4.78 is 17.4. The fourth-order valence-electron chi connectivity index (χ4n) is 6.59. The minimum Gasteiger partial charge on any atom is -0.493 e. The van der Waals surface area contributed by atoms with E-state index in [0.29, 0.717) is 106 Å². The third-order valence-electron chi connectivity index (χ3n) is 10.0. The van der Waals surface area contributed by atoms with E-state index in [1.54, 1.807) is 16.0 Å². The second-order valence-corrected chi connectivity index (χ2v) is 16.5. The van der Waals surface area contributed by atoms with E-state index in [-0.39, 0.29) is 36.4 Å². The van der Waals surface area contributed by atoms with Crippen LogP contribution in [0.5, 0.6) is 5.75 Å². The molecule has 308 valence electrons. The first-order chi connectivity index (χ1) is 26.7. The molecular formula is C43H62Cl2N6O5. The highest BCUT2D eigenvalue weighted by atomic mass is 35.5. The Balaban J connectivity index is 1.70. The van der Waals surface area contributed by atoms with Crippen molar-refractivity contribution in [3.8, 4) is 5.75 Å². The molecule has 4 rings (SSSR count). The molecule has 0 N–H and O–H groups in total. The average Bonchev–Trinajstić information content (AvgIpc) is 3.16. The van der Waals surface area contributed by atoms with Crippen molar-refractivity contribution in [3.05, 3.63) is 81.6 Å². The second kappa shape index (κ2) is 21.3. The number of halogens is 2. The van der Waals surface area contributed by atoms with Gasteiger partial charge >= 0.3 is 6.03 Å². The maximum atomic E-state index is 15.0. The number of nitrogens with zero attached hydrogens (tertiary/aromatic N) is 6. The highest BCUT2D eigenvalue weighted by Crippen LogP contribution is 2.34. The van der Waals surface area contributed by atoms with E-state index in [9.17, 15) is 4.79 Å². The van der Waals surface area contributed by atoms with Crippen LogP contribution in [0.15, 0.2) is 64.8 Å². The summed E-state index contributed by atoms with van der Waals surface area (Å²) >= 11 is 12.6. The van der Waals surface area contributed by atoms with Gasteiger partial charge in [-0.25, -0.2) is 4.79 Å². The molecule has 56 heavy (non-hydrogen) atoms. The van der Waals surface area contributed by atoms with Gasteiger partial charge in [0.05, 0.1) is 44.0 Å². The Morgan fingerprint density at radius 2 is 1.57 bits per heavy atom. The van der Waals surface area contributed by atoms with Gasteiger partial charge in [-0.3, -0.25) is 24.6 Å². The van der Waals surface area contributed by atoms with Crippen molar-refractivity contribution < 1.29 is 23.8 Å². The van der Waals surface area contributed by atoms with Gasteiger partial charge in [-0.1, -0.05) is 68.3 Å². The molecule has 1 fully saturated rings. The summed E-state index contributed by atoms with van der Waals surface area (Å²) in [4.78, 5) is 46.4. The van der Waals surface area contributed by atoms with E-state index in [1.165, 1.54) is 0 Å². The monoisotopic (exact) mass is 812 g/mol. The zero-order valence-electron chi connectivity index (χ0n) is 34.7. The molecule has 2 heterocycles. The Morgan fingerprint density at radius 3 is 2.12 bits per heavy atom. The molecule has 1 saturated heterocycles. The van der Waals surface area contributed by atoms with E-state index >= 15 is 4.79 Å². The van der Waals surface area contributed by atoms with Gasteiger partial charge in [-0.15, -0.1) is 0 Å². The Bertz CT molecular complexity index is 1670. The lowest BCUT2D eigenvalue weighted by Gasteiger charge is -2.39. The number of carbonyl (C=O) groups excluding carboxylic acids is 2. The Kier molecular flexibility index (Phi) is 17.2. The number of piperazine rings is 1. The molecule has 0 bridgehead atoms. The molecule has 1 atom stereocenters. The summed E-state index contributed by atoms with van der Waals surface area (Å²) in [5, 5.41) is 1.31. The second-order valence-electron chi connectivity index (χ2n) is 15.7. The summed E-state index contributed by atoms with van der Waals surface area (Å²) in [6.07, 6.45) is 8.51. The van der Waals surface area contributed by atoms with E-state index in [0.717, 1.165) is 11.3 Å². The zero-order chi connectivity index (χ0) is 40.9. The van der Waals surface area contributed by atoms with Gasteiger partial charge in [0, 0.05) is 91.8 Å². The molecule has 2 aliphatic rings. The minimum atomic E-state index is -0.653. The van der Waals surface area contributed by atoms with Crippen molar-refractivity contribution in [1.29, 1.82) is 0 Å². The topological polar surface area (TPSA) is 100 Å². The van der Waals surface area contributed by atoms with E-state index < -0.39 is 5.54 Å². The molecule has 1 aromatic heterocycles. The number of benzene rings is 1. The van der Waals surface area contributed by atoms with Crippen LogP contribution in [0, 0.1) is 5.92 Å². The van der Waals surface area contributed by atoms with E-state index in [4.69, 9.17) is 47.4 Å². The van der Waals surface area contributed by atoms with Crippen LogP contribution in [-0.2, 0) is 26.2 Å². The summed E-state index contributed by atoms with van der Waals surface area (Å²) in [5.41, 5.74) is 1.50. The number of amidine groups is 1.